The largest absolute Gasteiger partial charge is 0.312 e. The molecule has 0 aliphatic carbocycles. The van der Waals surface area contributed by atoms with E-state index in [0.29, 0.717) is 10.0 Å². The van der Waals surface area contributed by atoms with Gasteiger partial charge in [-0.1, -0.05) is 23.7 Å². The zero-order chi connectivity index (χ0) is 15.0. The fraction of sp³-hybridized carbons (Fsp3) is 0.286. The molecule has 2 aromatic rings. The molecule has 0 spiro atoms. The summed E-state index contributed by atoms with van der Waals surface area (Å²) in [6.07, 6.45) is 0.818. The highest BCUT2D eigenvalue weighted by molar-refractivity contribution is 7.94. The first-order chi connectivity index (χ1) is 9.97. The molecule has 0 amide bonds. The topological polar surface area (TPSA) is 58.2 Å². The zero-order valence-corrected chi connectivity index (χ0v) is 13.8. The van der Waals surface area contributed by atoms with Crippen LogP contribution in [0.15, 0.2) is 28.5 Å². The molecule has 1 aromatic heterocycles. The number of thiophene rings is 1. The van der Waals surface area contributed by atoms with Crippen LogP contribution in [-0.2, 0) is 23.0 Å². The molecule has 3 rings (SSSR count). The van der Waals surface area contributed by atoms with Crippen molar-refractivity contribution < 1.29 is 8.42 Å². The Hall–Kier alpha value is -1.08. The Labute approximate surface area is 133 Å². The summed E-state index contributed by atoms with van der Waals surface area (Å²) in [5.41, 5.74) is 3.65. The molecule has 7 heteroatoms. The Morgan fingerprint density at radius 1 is 1.38 bits per heavy atom. The minimum atomic E-state index is -3.58. The van der Waals surface area contributed by atoms with Crippen LogP contribution in [0.4, 0.5) is 5.69 Å². The summed E-state index contributed by atoms with van der Waals surface area (Å²) < 4.78 is 28.4. The van der Waals surface area contributed by atoms with Gasteiger partial charge in [0.2, 0.25) is 0 Å². The number of hydrogen-bond donors (Lipinski definition) is 2. The molecule has 1 aliphatic heterocycles. The monoisotopic (exact) mass is 342 g/mol. The van der Waals surface area contributed by atoms with E-state index in [1.54, 1.807) is 13.0 Å². The fourth-order valence-electron chi connectivity index (χ4n) is 2.39. The van der Waals surface area contributed by atoms with Crippen molar-refractivity contribution in [3.63, 3.8) is 0 Å². The van der Waals surface area contributed by atoms with Crippen molar-refractivity contribution >= 4 is 38.6 Å². The van der Waals surface area contributed by atoms with E-state index in [0.717, 1.165) is 47.5 Å². The van der Waals surface area contributed by atoms with Gasteiger partial charge in [-0.15, -0.1) is 11.3 Å². The predicted octanol–water partition coefficient (Wildman–Crippen LogP) is 3.16. The van der Waals surface area contributed by atoms with Crippen LogP contribution < -0.4 is 10.0 Å². The molecule has 2 heterocycles. The van der Waals surface area contributed by atoms with E-state index in [1.165, 1.54) is 0 Å². The Balaban J connectivity index is 1.96. The van der Waals surface area contributed by atoms with Crippen molar-refractivity contribution in [1.29, 1.82) is 0 Å². The summed E-state index contributed by atoms with van der Waals surface area (Å²) in [6, 6.07) is 7.30. The van der Waals surface area contributed by atoms with Gasteiger partial charge >= 0.3 is 0 Å². The molecular weight excluding hydrogens is 328 g/mol. The second-order valence-corrected chi connectivity index (χ2v) is 8.56. The predicted molar refractivity (Wildman–Crippen MR) is 86.7 cm³/mol. The Morgan fingerprint density at radius 2 is 2.19 bits per heavy atom. The van der Waals surface area contributed by atoms with E-state index >= 15 is 0 Å². The maximum atomic E-state index is 12.5. The first-order valence-corrected chi connectivity index (χ1v) is 9.25. The van der Waals surface area contributed by atoms with Gasteiger partial charge in [0.15, 0.2) is 0 Å². The molecule has 112 valence electrons. The molecule has 2 N–H and O–H groups in total. The number of halogens is 1. The van der Waals surface area contributed by atoms with Crippen molar-refractivity contribution in [2.75, 3.05) is 11.3 Å². The molecule has 0 fully saturated rings. The second-order valence-electron chi connectivity index (χ2n) is 5.00. The number of benzene rings is 1. The molecule has 0 saturated heterocycles. The van der Waals surface area contributed by atoms with Crippen LogP contribution in [0.5, 0.6) is 0 Å². The lowest BCUT2D eigenvalue weighted by molar-refractivity contribution is 0.602. The summed E-state index contributed by atoms with van der Waals surface area (Å²) in [5.74, 6) is 0. The summed E-state index contributed by atoms with van der Waals surface area (Å²) in [7, 11) is -3.58. The van der Waals surface area contributed by atoms with Gasteiger partial charge in [0.1, 0.15) is 4.21 Å². The van der Waals surface area contributed by atoms with Crippen molar-refractivity contribution in [1.82, 2.24) is 5.32 Å². The number of sulfonamides is 1. The number of fused-ring (bicyclic) bond motifs is 1. The summed E-state index contributed by atoms with van der Waals surface area (Å²) in [5, 5.41) is 3.28. The second kappa shape index (κ2) is 5.61. The number of hydrogen-bond acceptors (Lipinski definition) is 4. The lowest BCUT2D eigenvalue weighted by Crippen LogP contribution is -2.25. The Kier molecular flexibility index (Phi) is 3.96. The molecule has 0 atom stereocenters. The highest BCUT2D eigenvalue weighted by atomic mass is 35.5. The van der Waals surface area contributed by atoms with Gasteiger partial charge in [0.25, 0.3) is 10.0 Å². The van der Waals surface area contributed by atoms with Gasteiger partial charge in [-0.3, -0.25) is 4.72 Å². The van der Waals surface area contributed by atoms with E-state index in [9.17, 15) is 8.42 Å². The van der Waals surface area contributed by atoms with Gasteiger partial charge < -0.3 is 5.32 Å². The molecule has 4 nitrogen and oxygen atoms in total. The third-order valence-corrected chi connectivity index (χ3v) is 6.88. The van der Waals surface area contributed by atoms with Crippen LogP contribution in [0, 0.1) is 6.92 Å². The van der Waals surface area contributed by atoms with Crippen LogP contribution in [0.3, 0.4) is 0 Å². The van der Waals surface area contributed by atoms with E-state index in [2.05, 4.69) is 10.0 Å². The van der Waals surface area contributed by atoms with E-state index in [4.69, 9.17) is 11.6 Å². The standard InChI is InChI=1S/C14H15ClN2O2S2/c1-9-7-13(20-14(9)15)21(18,19)17-12-4-2-3-10-8-16-6-5-11(10)12/h2-4,7,16-17H,5-6,8H2,1H3. The van der Waals surface area contributed by atoms with E-state index in [1.807, 2.05) is 18.2 Å². The van der Waals surface area contributed by atoms with Crippen molar-refractivity contribution in [2.24, 2.45) is 0 Å². The minimum Gasteiger partial charge on any atom is -0.312 e. The van der Waals surface area contributed by atoms with Crippen molar-refractivity contribution in [3.05, 3.63) is 45.3 Å². The third-order valence-electron chi connectivity index (χ3n) is 3.48. The third kappa shape index (κ3) is 2.94. The molecule has 0 saturated carbocycles. The lowest BCUT2D eigenvalue weighted by atomic mass is 9.99. The molecule has 21 heavy (non-hydrogen) atoms. The van der Waals surface area contributed by atoms with Crippen LogP contribution in [-0.4, -0.2) is 15.0 Å². The van der Waals surface area contributed by atoms with Gasteiger partial charge in [0, 0.05) is 6.54 Å². The normalized spacial score (nSPS) is 14.8. The minimum absolute atomic E-state index is 0.247. The first kappa shape index (κ1) is 14.8. The number of aryl methyl sites for hydroxylation is 1. The quantitative estimate of drug-likeness (QED) is 0.900. The Morgan fingerprint density at radius 3 is 2.90 bits per heavy atom. The van der Waals surface area contributed by atoms with E-state index < -0.39 is 10.0 Å². The smallest absolute Gasteiger partial charge is 0.271 e. The molecule has 0 radical (unpaired) electrons. The van der Waals surface area contributed by atoms with Gasteiger partial charge in [-0.25, -0.2) is 8.42 Å². The number of nitrogens with one attached hydrogen (secondary N) is 2. The van der Waals surface area contributed by atoms with Crippen LogP contribution in [0.1, 0.15) is 16.7 Å². The number of anilines is 1. The van der Waals surface area contributed by atoms with Gasteiger partial charge in [0.05, 0.1) is 10.0 Å². The average molecular weight is 343 g/mol. The zero-order valence-electron chi connectivity index (χ0n) is 11.4. The SMILES string of the molecule is Cc1cc(S(=O)(=O)Nc2cccc3c2CCNC3)sc1Cl. The average Bonchev–Trinajstić information content (AvgIpc) is 2.80. The van der Waals surface area contributed by atoms with Crippen molar-refractivity contribution in [2.45, 2.75) is 24.1 Å². The van der Waals surface area contributed by atoms with Crippen LogP contribution in [0.25, 0.3) is 0 Å². The highest BCUT2D eigenvalue weighted by Gasteiger charge is 2.21. The van der Waals surface area contributed by atoms with Gasteiger partial charge in [-0.05, 0) is 48.7 Å². The Bertz CT molecular complexity index is 765. The van der Waals surface area contributed by atoms with Gasteiger partial charge in [-0.2, -0.15) is 0 Å². The lowest BCUT2D eigenvalue weighted by Gasteiger charge is -2.20. The fourth-order valence-corrected chi connectivity index (χ4v) is 5.19. The summed E-state index contributed by atoms with van der Waals surface area (Å²) >= 11 is 7.05. The summed E-state index contributed by atoms with van der Waals surface area (Å²) in [4.78, 5) is 0. The molecule has 1 aliphatic rings. The van der Waals surface area contributed by atoms with Crippen molar-refractivity contribution in [3.8, 4) is 0 Å². The van der Waals surface area contributed by atoms with Crippen LogP contribution >= 0.6 is 22.9 Å². The first-order valence-electron chi connectivity index (χ1n) is 6.57. The molecule has 1 aromatic carbocycles. The molecule has 0 unspecified atom stereocenters. The number of rotatable bonds is 3. The van der Waals surface area contributed by atoms with E-state index in [-0.39, 0.29) is 4.21 Å². The highest BCUT2D eigenvalue weighted by Crippen LogP contribution is 2.32. The molecular formula is C14H15ClN2O2S2. The van der Waals surface area contributed by atoms with Crippen LogP contribution in [0.2, 0.25) is 4.34 Å². The molecule has 0 bridgehead atoms. The summed E-state index contributed by atoms with van der Waals surface area (Å²) in [6.45, 7) is 3.43. The maximum Gasteiger partial charge on any atom is 0.271 e. The maximum absolute atomic E-state index is 12.5.